The van der Waals surface area contributed by atoms with Crippen molar-refractivity contribution in [3.8, 4) is 0 Å². The van der Waals surface area contributed by atoms with Gasteiger partial charge in [-0.2, -0.15) is 0 Å². The molecule has 0 saturated carbocycles. The van der Waals surface area contributed by atoms with Gasteiger partial charge in [-0.3, -0.25) is 0 Å². The molecule has 0 amide bonds. The summed E-state index contributed by atoms with van der Waals surface area (Å²) in [5, 5.41) is 9.97. The van der Waals surface area contributed by atoms with Crippen molar-refractivity contribution >= 4 is 26.0 Å². The Bertz CT molecular complexity index is 584. The topological polar surface area (TPSA) is 75.6 Å². The lowest BCUT2D eigenvalue weighted by molar-refractivity contribution is 0.0292. The fourth-order valence-corrected chi connectivity index (χ4v) is 3.84. The molecule has 0 aromatic heterocycles. The third kappa shape index (κ3) is 5.26. The average molecular weight is 388 g/mol. The summed E-state index contributed by atoms with van der Waals surface area (Å²) in [4.78, 5) is -0.702. The van der Waals surface area contributed by atoms with E-state index in [2.05, 4.69) is 20.7 Å². The number of methoxy groups -OCH3 is 1. The molecule has 120 valence electrons. The highest BCUT2D eigenvalue weighted by atomic mass is 79.9. The van der Waals surface area contributed by atoms with E-state index in [1.165, 1.54) is 14.0 Å². The van der Waals surface area contributed by atoms with Gasteiger partial charge in [0.1, 0.15) is 16.5 Å². The zero-order valence-electron chi connectivity index (χ0n) is 11.5. The number of aliphatic hydroxyl groups is 1. The monoisotopic (exact) mass is 387 g/mol. The number of halogens is 3. The molecular formula is C12H16BrF2NO4S. The van der Waals surface area contributed by atoms with Crippen LogP contribution in [0.1, 0.15) is 13.3 Å². The number of sulfonamides is 1. The van der Waals surface area contributed by atoms with Crippen LogP contribution in [0.4, 0.5) is 8.78 Å². The van der Waals surface area contributed by atoms with Crippen molar-refractivity contribution in [3.05, 3.63) is 28.2 Å². The van der Waals surface area contributed by atoms with Gasteiger partial charge in [0.2, 0.25) is 10.0 Å². The van der Waals surface area contributed by atoms with Crippen molar-refractivity contribution in [1.82, 2.24) is 4.72 Å². The standard InChI is InChI=1S/C12H16BrF2NO4S/c1-12(17,3-4-20-2)7-16-21(18,19)11-9(13)5-8(14)6-10(11)15/h5-6,16-17H,3-4,7H2,1-2H3. The van der Waals surface area contributed by atoms with E-state index in [1.807, 2.05) is 0 Å². The number of rotatable bonds is 7. The molecule has 0 fully saturated rings. The number of benzene rings is 1. The van der Waals surface area contributed by atoms with Crippen LogP contribution in [-0.4, -0.2) is 39.4 Å². The van der Waals surface area contributed by atoms with Gasteiger partial charge in [-0.25, -0.2) is 21.9 Å². The Balaban J connectivity index is 2.93. The van der Waals surface area contributed by atoms with Crippen LogP contribution in [0.25, 0.3) is 0 Å². The van der Waals surface area contributed by atoms with Gasteiger partial charge >= 0.3 is 0 Å². The molecule has 9 heteroatoms. The zero-order chi connectivity index (χ0) is 16.3. The fourth-order valence-electron chi connectivity index (χ4n) is 1.52. The molecule has 1 unspecified atom stereocenters. The first-order valence-electron chi connectivity index (χ1n) is 5.94. The Morgan fingerprint density at radius 1 is 1.43 bits per heavy atom. The highest BCUT2D eigenvalue weighted by Crippen LogP contribution is 2.26. The van der Waals surface area contributed by atoms with E-state index in [1.54, 1.807) is 0 Å². The largest absolute Gasteiger partial charge is 0.389 e. The second kappa shape index (κ2) is 7.10. The first-order chi connectivity index (χ1) is 9.59. The molecule has 2 N–H and O–H groups in total. The maximum atomic E-state index is 13.7. The molecular weight excluding hydrogens is 372 g/mol. The molecule has 0 saturated heterocycles. The van der Waals surface area contributed by atoms with Crippen LogP contribution in [0.2, 0.25) is 0 Å². The van der Waals surface area contributed by atoms with Gasteiger partial charge in [-0.05, 0) is 28.9 Å². The first-order valence-corrected chi connectivity index (χ1v) is 8.22. The molecule has 0 aliphatic heterocycles. The van der Waals surface area contributed by atoms with E-state index in [-0.39, 0.29) is 24.0 Å². The van der Waals surface area contributed by atoms with E-state index >= 15 is 0 Å². The van der Waals surface area contributed by atoms with Gasteiger partial charge in [0.15, 0.2) is 0 Å². The van der Waals surface area contributed by atoms with Crippen LogP contribution < -0.4 is 4.72 Å². The molecule has 5 nitrogen and oxygen atoms in total. The predicted molar refractivity (Wildman–Crippen MR) is 76.4 cm³/mol. The summed E-state index contributed by atoms with van der Waals surface area (Å²) in [5.41, 5.74) is -1.36. The van der Waals surface area contributed by atoms with Crippen LogP contribution in [0.5, 0.6) is 0 Å². The molecule has 1 rings (SSSR count). The summed E-state index contributed by atoms with van der Waals surface area (Å²) >= 11 is 2.81. The van der Waals surface area contributed by atoms with Crippen molar-refractivity contribution < 1.29 is 27.0 Å². The highest BCUT2D eigenvalue weighted by Gasteiger charge is 2.27. The minimum atomic E-state index is -4.24. The molecule has 1 aromatic rings. The number of nitrogens with one attached hydrogen (secondary N) is 1. The van der Waals surface area contributed by atoms with Crippen molar-refractivity contribution in [2.45, 2.75) is 23.8 Å². The zero-order valence-corrected chi connectivity index (χ0v) is 13.9. The van der Waals surface area contributed by atoms with Gasteiger partial charge in [0.05, 0.1) is 5.60 Å². The van der Waals surface area contributed by atoms with Crippen molar-refractivity contribution in [1.29, 1.82) is 0 Å². The van der Waals surface area contributed by atoms with Crippen molar-refractivity contribution in [2.75, 3.05) is 20.3 Å². The Kier molecular flexibility index (Phi) is 6.23. The summed E-state index contributed by atoms with van der Waals surface area (Å²) in [6, 6.07) is 1.32. The molecule has 21 heavy (non-hydrogen) atoms. The average Bonchev–Trinajstić information content (AvgIpc) is 2.33. The van der Waals surface area contributed by atoms with Crippen molar-refractivity contribution in [3.63, 3.8) is 0 Å². The van der Waals surface area contributed by atoms with Gasteiger partial charge in [0.25, 0.3) is 0 Å². The maximum absolute atomic E-state index is 13.7. The summed E-state index contributed by atoms with van der Waals surface area (Å²) in [6.45, 7) is 1.33. The normalized spacial score (nSPS) is 15.0. The van der Waals surface area contributed by atoms with Crippen LogP contribution in [0, 0.1) is 11.6 Å². The molecule has 0 aliphatic rings. The molecule has 0 spiro atoms. The van der Waals surface area contributed by atoms with Crippen LogP contribution in [-0.2, 0) is 14.8 Å². The summed E-state index contributed by atoms with van der Waals surface area (Å²) < 4.78 is 57.4. The van der Waals surface area contributed by atoms with Gasteiger partial charge in [0, 0.05) is 37.2 Å². The first kappa shape index (κ1) is 18.4. The van der Waals surface area contributed by atoms with Crippen LogP contribution in [0.3, 0.4) is 0 Å². The Labute approximate surface area is 130 Å². The molecule has 0 radical (unpaired) electrons. The SMILES string of the molecule is COCCC(C)(O)CNS(=O)(=O)c1c(F)cc(F)cc1Br. The minimum absolute atomic E-state index is 0.194. The van der Waals surface area contributed by atoms with Gasteiger partial charge in [-0.15, -0.1) is 0 Å². The van der Waals surface area contributed by atoms with Crippen molar-refractivity contribution in [2.24, 2.45) is 0 Å². The summed E-state index contributed by atoms with van der Waals surface area (Å²) in [7, 11) is -2.79. The lowest BCUT2D eigenvalue weighted by Gasteiger charge is -2.23. The Hall–Kier alpha value is -0.610. The van der Waals surface area contributed by atoms with E-state index in [0.717, 1.165) is 6.07 Å². The van der Waals surface area contributed by atoms with E-state index in [9.17, 15) is 22.3 Å². The molecule has 0 bridgehead atoms. The van der Waals surface area contributed by atoms with Crippen LogP contribution in [0.15, 0.2) is 21.5 Å². The van der Waals surface area contributed by atoms with E-state index in [0.29, 0.717) is 6.07 Å². The Morgan fingerprint density at radius 2 is 2.05 bits per heavy atom. The third-order valence-electron chi connectivity index (χ3n) is 2.72. The molecule has 1 atom stereocenters. The smallest absolute Gasteiger partial charge is 0.244 e. The quantitative estimate of drug-likeness (QED) is 0.747. The lowest BCUT2D eigenvalue weighted by atomic mass is 10.0. The number of ether oxygens (including phenoxy) is 1. The second-order valence-electron chi connectivity index (χ2n) is 4.76. The minimum Gasteiger partial charge on any atom is -0.389 e. The molecule has 0 aliphatic carbocycles. The lowest BCUT2D eigenvalue weighted by Crippen LogP contribution is -2.41. The van der Waals surface area contributed by atoms with Crippen LogP contribution >= 0.6 is 15.9 Å². The number of hydrogen-bond acceptors (Lipinski definition) is 4. The van der Waals surface area contributed by atoms with E-state index in [4.69, 9.17) is 4.74 Å². The maximum Gasteiger partial charge on any atom is 0.244 e. The Morgan fingerprint density at radius 3 is 2.57 bits per heavy atom. The highest BCUT2D eigenvalue weighted by molar-refractivity contribution is 9.10. The number of hydrogen-bond donors (Lipinski definition) is 2. The summed E-state index contributed by atoms with van der Waals surface area (Å²) in [5.74, 6) is -2.11. The summed E-state index contributed by atoms with van der Waals surface area (Å²) in [6.07, 6.45) is 0.194. The van der Waals surface area contributed by atoms with Gasteiger partial charge in [-0.1, -0.05) is 0 Å². The van der Waals surface area contributed by atoms with Gasteiger partial charge < -0.3 is 9.84 Å². The van der Waals surface area contributed by atoms with E-state index < -0.39 is 32.2 Å². The fraction of sp³-hybridized carbons (Fsp3) is 0.500. The second-order valence-corrected chi connectivity index (χ2v) is 7.32. The predicted octanol–water partition coefficient (Wildman–Crippen LogP) is 1.79. The molecule has 0 heterocycles. The molecule has 1 aromatic carbocycles. The third-order valence-corrected chi connectivity index (χ3v) is 5.08.